The van der Waals surface area contributed by atoms with E-state index in [2.05, 4.69) is 15.5 Å². The van der Waals surface area contributed by atoms with Gasteiger partial charge in [-0.05, 0) is 31.2 Å². The van der Waals surface area contributed by atoms with Crippen LogP contribution in [0.5, 0.6) is 5.75 Å². The molecular formula is C19H19ClN4O4S. The summed E-state index contributed by atoms with van der Waals surface area (Å²) in [5, 5.41) is 9.47. The van der Waals surface area contributed by atoms with E-state index < -0.39 is 0 Å². The maximum atomic E-state index is 12.4. The molecular weight excluding hydrogens is 416 g/mol. The van der Waals surface area contributed by atoms with E-state index in [0.717, 1.165) is 5.01 Å². The number of carbonyl (C=O) groups is 2. The van der Waals surface area contributed by atoms with Crippen molar-refractivity contribution < 1.29 is 18.8 Å². The van der Waals surface area contributed by atoms with E-state index in [4.69, 9.17) is 20.9 Å². The molecule has 0 aliphatic rings. The number of nitrogens with zero attached hydrogens (tertiary/aromatic N) is 3. The SMILES string of the molecule is Cc1cc(NC(=O)CN(C)C(=O)Cc2csc(COc3ccc(Cl)cc3)n2)no1. The molecule has 3 aromatic rings. The molecule has 2 aromatic heterocycles. The van der Waals surface area contributed by atoms with E-state index in [9.17, 15) is 9.59 Å². The summed E-state index contributed by atoms with van der Waals surface area (Å²) in [5.41, 5.74) is 0.633. The molecule has 0 saturated carbocycles. The molecule has 152 valence electrons. The Balaban J connectivity index is 1.46. The summed E-state index contributed by atoms with van der Waals surface area (Å²) >= 11 is 7.26. The molecule has 8 nitrogen and oxygen atoms in total. The highest BCUT2D eigenvalue weighted by molar-refractivity contribution is 7.09. The minimum Gasteiger partial charge on any atom is -0.486 e. The lowest BCUT2D eigenvalue weighted by Crippen LogP contribution is -2.35. The maximum Gasteiger partial charge on any atom is 0.245 e. The topological polar surface area (TPSA) is 97.6 Å². The zero-order valence-electron chi connectivity index (χ0n) is 15.8. The van der Waals surface area contributed by atoms with E-state index in [0.29, 0.717) is 34.7 Å². The zero-order chi connectivity index (χ0) is 20.8. The Morgan fingerprint density at radius 3 is 2.76 bits per heavy atom. The number of likely N-dealkylation sites (N-methyl/N-ethyl adjacent to an activating group) is 1. The van der Waals surface area contributed by atoms with Crippen LogP contribution < -0.4 is 10.1 Å². The Morgan fingerprint density at radius 1 is 1.31 bits per heavy atom. The summed E-state index contributed by atoms with van der Waals surface area (Å²) in [7, 11) is 1.56. The highest BCUT2D eigenvalue weighted by atomic mass is 35.5. The van der Waals surface area contributed by atoms with Crippen molar-refractivity contribution in [2.24, 2.45) is 0 Å². The van der Waals surface area contributed by atoms with Gasteiger partial charge in [0.15, 0.2) is 5.82 Å². The number of nitrogens with one attached hydrogen (secondary N) is 1. The second kappa shape index (κ2) is 9.53. The minimum absolute atomic E-state index is 0.0958. The number of hydrogen-bond acceptors (Lipinski definition) is 7. The molecule has 10 heteroatoms. The lowest BCUT2D eigenvalue weighted by atomic mass is 10.3. The van der Waals surface area contributed by atoms with E-state index >= 15 is 0 Å². The van der Waals surface area contributed by atoms with Crippen LogP contribution in [0.2, 0.25) is 5.02 Å². The molecule has 0 saturated heterocycles. The highest BCUT2D eigenvalue weighted by Gasteiger charge is 2.16. The molecule has 0 spiro atoms. The Labute approximate surface area is 176 Å². The predicted octanol–water partition coefficient (Wildman–Crippen LogP) is 3.31. The fraction of sp³-hybridized carbons (Fsp3) is 0.263. The number of ether oxygens (including phenoxy) is 1. The second-order valence-corrected chi connectivity index (χ2v) is 7.65. The number of anilines is 1. The van der Waals surface area contributed by atoms with Crippen LogP contribution in [0.4, 0.5) is 5.82 Å². The number of benzene rings is 1. The number of halogens is 1. The standard InChI is InChI=1S/C19H19ClN4O4S/c1-12-7-16(23-28-12)22-17(25)9-24(2)19(26)8-14-11-29-18(21-14)10-27-15-5-3-13(20)4-6-15/h3-7,11H,8-10H2,1-2H3,(H,22,23,25). The molecule has 0 radical (unpaired) electrons. The van der Waals surface area contributed by atoms with Gasteiger partial charge in [-0.15, -0.1) is 11.3 Å². The van der Waals surface area contributed by atoms with Gasteiger partial charge in [-0.1, -0.05) is 16.8 Å². The third kappa shape index (κ3) is 6.30. The number of aryl methyl sites for hydroxylation is 1. The summed E-state index contributed by atoms with van der Waals surface area (Å²) in [5.74, 6) is 1.02. The van der Waals surface area contributed by atoms with Gasteiger partial charge >= 0.3 is 0 Å². The number of thiazole rings is 1. The Hall–Kier alpha value is -2.91. The quantitative estimate of drug-likeness (QED) is 0.584. The highest BCUT2D eigenvalue weighted by Crippen LogP contribution is 2.18. The number of carbonyl (C=O) groups excluding carboxylic acids is 2. The van der Waals surface area contributed by atoms with Crippen molar-refractivity contribution in [2.45, 2.75) is 20.0 Å². The second-order valence-electron chi connectivity index (χ2n) is 6.27. The van der Waals surface area contributed by atoms with Gasteiger partial charge in [0.2, 0.25) is 11.8 Å². The minimum atomic E-state index is -0.357. The maximum absolute atomic E-state index is 12.4. The Kier molecular flexibility index (Phi) is 6.84. The summed E-state index contributed by atoms with van der Waals surface area (Å²) in [6.07, 6.45) is 0.101. The number of rotatable bonds is 8. The smallest absolute Gasteiger partial charge is 0.245 e. The zero-order valence-corrected chi connectivity index (χ0v) is 17.4. The van der Waals surface area contributed by atoms with Crippen LogP contribution in [0, 0.1) is 6.92 Å². The molecule has 29 heavy (non-hydrogen) atoms. The summed E-state index contributed by atoms with van der Waals surface area (Å²) in [6, 6.07) is 8.65. The van der Waals surface area contributed by atoms with Crippen molar-refractivity contribution in [1.29, 1.82) is 0 Å². The van der Waals surface area contributed by atoms with E-state index in [1.807, 2.05) is 5.38 Å². The van der Waals surface area contributed by atoms with E-state index in [-0.39, 0.29) is 24.8 Å². The van der Waals surface area contributed by atoms with Gasteiger partial charge in [0, 0.05) is 23.5 Å². The third-order valence-corrected chi connectivity index (χ3v) is 4.93. The number of hydrogen-bond donors (Lipinski definition) is 1. The van der Waals surface area contributed by atoms with Gasteiger partial charge in [-0.3, -0.25) is 9.59 Å². The molecule has 2 heterocycles. The molecule has 0 bridgehead atoms. The van der Waals surface area contributed by atoms with Gasteiger partial charge in [-0.25, -0.2) is 4.98 Å². The average molecular weight is 435 g/mol. The van der Waals surface area contributed by atoms with Crippen molar-refractivity contribution >= 4 is 40.6 Å². The van der Waals surface area contributed by atoms with Gasteiger partial charge in [0.25, 0.3) is 0 Å². The van der Waals surface area contributed by atoms with E-state index in [1.165, 1.54) is 16.2 Å². The monoisotopic (exact) mass is 434 g/mol. The molecule has 0 aliphatic carbocycles. The lowest BCUT2D eigenvalue weighted by Gasteiger charge is -2.15. The number of amides is 2. The van der Waals surface area contributed by atoms with Crippen LogP contribution >= 0.6 is 22.9 Å². The summed E-state index contributed by atoms with van der Waals surface area (Å²) in [6.45, 7) is 1.93. The molecule has 3 rings (SSSR count). The van der Waals surface area contributed by atoms with Gasteiger partial charge in [0.05, 0.1) is 18.7 Å². The van der Waals surface area contributed by atoms with Crippen LogP contribution in [0.15, 0.2) is 40.2 Å². The number of aromatic nitrogens is 2. The van der Waals surface area contributed by atoms with Crippen molar-refractivity contribution in [3.8, 4) is 5.75 Å². The van der Waals surface area contributed by atoms with Gasteiger partial charge in [-0.2, -0.15) is 0 Å². The van der Waals surface area contributed by atoms with Crippen LogP contribution in [0.1, 0.15) is 16.5 Å². The van der Waals surface area contributed by atoms with Crippen LogP contribution in [-0.2, 0) is 22.6 Å². The van der Waals surface area contributed by atoms with Crippen molar-refractivity contribution in [2.75, 3.05) is 18.9 Å². The molecule has 0 unspecified atom stereocenters. The fourth-order valence-electron chi connectivity index (χ4n) is 2.37. The van der Waals surface area contributed by atoms with Crippen molar-refractivity contribution in [3.63, 3.8) is 0 Å². The summed E-state index contributed by atoms with van der Waals surface area (Å²) in [4.78, 5) is 30.1. The normalized spacial score (nSPS) is 10.6. The first-order valence-electron chi connectivity index (χ1n) is 8.68. The van der Waals surface area contributed by atoms with Crippen LogP contribution in [-0.4, -0.2) is 40.4 Å². The first kappa shape index (κ1) is 20.8. The molecule has 0 atom stereocenters. The molecule has 2 amide bonds. The first-order valence-corrected chi connectivity index (χ1v) is 9.93. The van der Waals surface area contributed by atoms with Crippen LogP contribution in [0.3, 0.4) is 0 Å². The largest absolute Gasteiger partial charge is 0.486 e. The Morgan fingerprint density at radius 2 is 2.07 bits per heavy atom. The molecule has 0 aliphatic heterocycles. The first-order chi connectivity index (χ1) is 13.9. The van der Waals surface area contributed by atoms with Crippen molar-refractivity contribution in [1.82, 2.24) is 15.0 Å². The third-order valence-electron chi connectivity index (χ3n) is 3.81. The average Bonchev–Trinajstić information content (AvgIpc) is 3.29. The van der Waals surface area contributed by atoms with Gasteiger partial charge < -0.3 is 19.5 Å². The van der Waals surface area contributed by atoms with Crippen molar-refractivity contribution in [3.05, 3.63) is 57.2 Å². The Bertz CT molecular complexity index is 986. The van der Waals surface area contributed by atoms with Crippen LogP contribution in [0.25, 0.3) is 0 Å². The van der Waals surface area contributed by atoms with E-state index in [1.54, 1.807) is 44.3 Å². The fourth-order valence-corrected chi connectivity index (χ4v) is 3.20. The predicted molar refractivity (Wildman–Crippen MR) is 109 cm³/mol. The van der Waals surface area contributed by atoms with Gasteiger partial charge in [0.1, 0.15) is 23.1 Å². The lowest BCUT2D eigenvalue weighted by molar-refractivity contribution is -0.132. The molecule has 0 fully saturated rings. The summed E-state index contributed by atoms with van der Waals surface area (Å²) < 4.78 is 10.5. The molecule has 1 N–H and O–H groups in total. The molecule has 1 aromatic carbocycles.